The highest BCUT2D eigenvalue weighted by Crippen LogP contribution is 2.37. The molecule has 31 heavy (non-hydrogen) atoms. The first-order valence-electron chi connectivity index (χ1n) is 10.2. The molecular weight excluding hydrogens is 402 g/mol. The van der Waals surface area contributed by atoms with Crippen LogP contribution >= 0.6 is 0 Å². The molecule has 1 aliphatic heterocycles. The maximum atomic E-state index is 14.6. The molecule has 3 aromatic rings. The maximum Gasteiger partial charge on any atom is 0.259 e. The molecule has 0 saturated carbocycles. The van der Waals surface area contributed by atoms with Crippen molar-refractivity contribution in [2.75, 3.05) is 23.3 Å². The minimum atomic E-state index is -0.635. The van der Waals surface area contributed by atoms with E-state index in [-0.39, 0.29) is 23.0 Å². The fourth-order valence-corrected chi connectivity index (χ4v) is 3.67. The van der Waals surface area contributed by atoms with Crippen molar-refractivity contribution >= 4 is 17.4 Å². The number of hydrogen-bond acceptors (Lipinski definition) is 5. The van der Waals surface area contributed by atoms with Crippen molar-refractivity contribution in [3.63, 3.8) is 0 Å². The molecule has 0 radical (unpaired) electrons. The van der Waals surface area contributed by atoms with Gasteiger partial charge in [-0.05, 0) is 44.4 Å². The lowest BCUT2D eigenvalue weighted by molar-refractivity contribution is 0.102. The third-order valence-electron chi connectivity index (χ3n) is 5.37. The number of aromatic nitrogens is 4. The average Bonchev–Trinajstić information content (AvgIpc) is 3.39. The Morgan fingerprint density at radius 3 is 2.74 bits per heavy atom. The zero-order valence-corrected chi connectivity index (χ0v) is 17.6. The molecule has 1 aliphatic rings. The van der Waals surface area contributed by atoms with Crippen LogP contribution in [0.2, 0.25) is 0 Å². The van der Waals surface area contributed by atoms with E-state index in [9.17, 15) is 13.6 Å². The van der Waals surface area contributed by atoms with E-state index >= 15 is 0 Å². The molecule has 0 unspecified atom stereocenters. The first-order chi connectivity index (χ1) is 14.8. The fourth-order valence-electron chi connectivity index (χ4n) is 3.67. The Bertz CT molecular complexity index is 1110. The van der Waals surface area contributed by atoms with Gasteiger partial charge in [-0.1, -0.05) is 6.92 Å². The normalized spacial score (nSPS) is 16.2. The van der Waals surface area contributed by atoms with Gasteiger partial charge in [-0.3, -0.25) is 9.48 Å². The molecule has 1 saturated heterocycles. The lowest BCUT2D eigenvalue weighted by Crippen LogP contribution is -2.24. The first-order valence-corrected chi connectivity index (χ1v) is 10.2. The Morgan fingerprint density at radius 1 is 1.26 bits per heavy atom. The van der Waals surface area contributed by atoms with E-state index in [2.05, 4.69) is 27.3 Å². The first kappa shape index (κ1) is 20.9. The summed E-state index contributed by atoms with van der Waals surface area (Å²) < 4.78 is 30.2. The van der Waals surface area contributed by atoms with Gasteiger partial charge < -0.3 is 10.2 Å². The summed E-state index contributed by atoms with van der Waals surface area (Å²) in [6.07, 6.45) is 5.40. The highest BCUT2D eigenvalue weighted by Gasteiger charge is 2.27. The molecule has 1 amide bonds. The van der Waals surface area contributed by atoms with Gasteiger partial charge in [0, 0.05) is 30.9 Å². The largest absolute Gasteiger partial charge is 0.354 e. The Morgan fingerprint density at radius 2 is 2.06 bits per heavy atom. The molecule has 0 spiro atoms. The third-order valence-corrected chi connectivity index (χ3v) is 5.37. The minimum Gasteiger partial charge on any atom is -0.354 e. The maximum absolute atomic E-state index is 14.6. The van der Waals surface area contributed by atoms with Crippen LogP contribution in [-0.2, 0) is 0 Å². The number of amides is 1. The Labute approximate surface area is 179 Å². The van der Waals surface area contributed by atoms with Crippen LogP contribution in [0.1, 0.15) is 43.6 Å². The van der Waals surface area contributed by atoms with E-state index in [1.54, 1.807) is 10.9 Å². The van der Waals surface area contributed by atoms with Crippen molar-refractivity contribution in [1.29, 1.82) is 0 Å². The molecular formula is C22H24F2N6O. The van der Waals surface area contributed by atoms with Crippen LogP contribution in [0.4, 0.5) is 20.3 Å². The third kappa shape index (κ3) is 4.26. The Kier molecular flexibility index (Phi) is 5.67. The van der Waals surface area contributed by atoms with Crippen LogP contribution in [0.5, 0.6) is 0 Å². The summed E-state index contributed by atoms with van der Waals surface area (Å²) >= 11 is 0. The summed E-state index contributed by atoms with van der Waals surface area (Å²) in [5.41, 5.74) is 0.697. The summed E-state index contributed by atoms with van der Waals surface area (Å²) in [6.45, 7) is 7.54. The summed E-state index contributed by atoms with van der Waals surface area (Å²) in [5.74, 6) is -0.709. The van der Waals surface area contributed by atoms with Gasteiger partial charge in [-0.2, -0.15) is 5.10 Å². The monoisotopic (exact) mass is 426 g/mol. The molecule has 0 aliphatic carbocycles. The molecule has 2 aromatic heterocycles. The molecule has 7 nitrogen and oxygen atoms in total. The zero-order chi connectivity index (χ0) is 22.1. The molecule has 1 fully saturated rings. The number of carbonyl (C=O) groups excluding carboxylic acids is 1. The second kappa shape index (κ2) is 8.41. The van der Waals surface area contributed by atoms with E-state index < -0.39 is 17.5 Å². The topological polar surface area (TPSA) is 75.9 Å². The zero-order valence-electron chi connectivity index (χ0n) is 17.6. The van der Waals surface area contributed by atoms with Crippen LogP contribution < -0.4 is 10.2 Å². The van der Waals surface area contributed by atoms with Crippen molar-refractivity contribution in [2.45, 2.75) is 33.2 Å². The lowest BCUT2D eigenvalue weighted by atomic mass is 10.1. The van der Waals surface area contributed by atoms with Crippen LogP contribution in [0, 0.1) is 17.6 Å². The number of carbonyl (C=O) groups is 1. The molecule has 3 heterocycles. The predicted molar refractivity (Wildman–Crippen MR) is 114 cm³/mol. The van der Waals surface area contributed by atoms with Gasteiger partial charge in [-0.25, -0.2) is 18.7 Å². The standard InChI is InChI=1S/C22H24F2N6O/c1-13(2)30-11-15(9-27-30)22(31)28-20-19(17-8-16(23)4-5-18(17)24)25-12-26-21(20)29-7-6-14(3)10-29/h4-5,8-9,11-14H,6-7,10H2,1-3H3,(H,28,31)/t14-/m0/s1. The number of nitrogens with zero attached hydrogens (tertiary/aromatic N) is 5. The molecule has 4 rings (SSSR count). The summed E-state index contributed by atoms with van der Waals surface area (Å²) in [4.78, 5) is 23.6. The molecule has 1 atom stereocenters. The summed E-state index contributed by atoms with van der Waals surface area (Å²) in [5, 5.41) is 7.04. The van der Waals surface area contributed by atoms with E-state index in [0.717, 1.165) is 37.7 Å². The number of halogens is 2. The number of nitrogens with one attached hydrogen (secondary N) is 1. The van der Waals surface area contributed by atoms with Gasteiger partial charge >= 0.3 is 0 Å². The van der Waals surface area contributed by atoms with Crippen molar-refractivity contribution in [3.8, 4) is 11.3 Å². The molecule has 9 heteroatoms. The minimum absolute atomic E-state index is 0.0379. The number of hydrogen-bond donors (Lipinski definition) is 1. The van der Waals surface area contributed by atoms with Gasteiger partial charge in [-0.15, -0.1) is 0 Å². The van der Waals surface area contributed by atoms with Crippen LogP contribution in [0.25, 0.3) is 11.3 Å². The van der Waals surface area contributed by atoms with Gasteiger partial charge in [0.15, 0.2) is 5.82 Å². The molecule has 1 N–H and O–H groups in total. The lowest BCUT2D eigenvalue weighted by Gasteiger charge is -2.22. The highest BCUT2D eigenvalue weighted by atomic mass is 19.1. The highest BCUT2D eigenvalue weighted by molar-refractivity contribution is 6.07. The average molecular weight is 426 g/mol. The molecule has 0 bridgehead atoms. The number of anilines is 2. The van der Waals surface area contributed by atoms with E-state index in [1.165, 1.54) is 12.5 Å². The number of benzene rings is 1. The Balaban J connectivity index is 1.79. The second-order valence-electron chi connectivity index (χ2n) is 8.14. The van der Waals surface area contributed by atoms with E-state index in [1.807, 2.05) is 18.7 Å². The predicted octanol–water partition coefficient (Wildman–Crippen LogP) is 4.30. The van der Waals surface area contributed by atoms with Gasteiger partial charge in [0.05, 0.1) is 11.8 Å². The van der Waals surface area contributed by atoms with Gasteiger partial charge in [0.1, 0.15) is 29.3 Å². The Hall–Kier alpha value is -3.36. The SMILES string of the molecule is CC(C)n1cc(C(=O)Nc2c(-c3cc(F)ccc3F)ncnc2N2CC[C@H](C)C2)cn1. The quantitative estimate of drug-likeness (QED) is 0.658. The van der Waals surface area contributed by atoms with Crippen LogP contribution in [-0.4, -0.2) is 38.7 Å². The van der Waals surface area contributed by atoms with Crippen LogP contribution in [0.15, 0.2) is 36.9 Å². The second-order valence-corrected chi connectivity index (χ2v) is 8.14. The summed E-state index contributed by atoms with van der Waals surface area (Å²) in [6, 6.07) is 3.25. The van der Waals surface area contributed by atoms with Crippen molar-refractivity contribution in [1.82, 2.24) is 19.7 Å². The van der Waals surface area contributed by atoms with Crippen LogP contribution in [0.3, 0.4) is 0 Å². The van der Waals surface area contributed by atoms with Gasteiger partial charge in [0.2, 0.25) is 0 Å². The smallest absolute Gasteiger partial charge is 0.259 e. The van der Waals surface area contributed by atoms with E-state index in [0.29, 0.717) is 17.3 Å². The fraction of sp³-hybridized carbons (Fsp3) is 0.364. The van der Waals surface area contributed by atoms with Crippen molar-refractivity contribution in [2.24, 2.45) is 5.92 Å². The van der Waals surface area contributed by atoms with E-state index in [4.69, 9.17) is 0 Å². The van der Waals surface area contributed by atoms with Gasteiger partial charge in [0.25, 0.3) is 5.91 Å². The van der Waals surface area contributed by atoms with Crippen molar-refractivity contribution in [3.05, 3.63) is 54.1 Å². The van der Waals surface area contributed by atoms with Crippen molar-refractivity contribution < 1.29 is 13.6 Å². The molecule has 162 valence electrons. The summed E-state index contributed by atoms with van der Waals surface area (Å²) in [7, 11) is 0. The number of rotatable bonds is 5. The molecule has 1 aromatic carbocycles.